The van der Waals surface area contributed by atoms with Gasteiger partial charge in [-0.15, -0.1) is 0 Å². The smallest absolute Gasteiger partial charge is 0.112 e. The highest BCUT2D eigenvalue weighted by Crippen LogP contribution is 2.32. The molecule has 0 aromatic carbocycles. The third-order valence-electron chi connectivity index (χ3n) is 4.38. The van der Waals surface area contributed by atoms with Gasteiger partial charge in [0.1, 0.15) is 5.82 Å². The summed E-state index contributed by atoms with van der Waals surface area (Å²) >= 11 is 0. The molecule has 1 fully saturated rings. The number of fused-ring (bicyclic) bond motifs is 1. The first kappa shape index (κ1) is 11.3. The zero-order valence-corrected chi connectivity index (χ0v) is 10.6. The number of aryl methyl sites for hydroxylation is 1. The molecular formula is C14H23N3. The summed E-state index contributed by atoms with van der Waals surface area (Å²) in [6.07, 6.45) is 12.5. The predicted octanol–water partition coefficient (Wildman–Crippen LogP) is 2.59. The maximum atomic E-state index is 6.09. The first-order valence-electron chi connectivity index (χ1n) is 7.14. The van der Waals surface area contributed by atoms with Gasteiger partial charge in [0.2, 0.25) is 0 Å². The van der Waals surface area contributed by atoms with E-state index in [0.29, 0.717) is 12.0 Å². The van der Waals surface area contributed by atoms with Crippen LogP contribution in [0.2, 0.25) is 0 Å². The SMILES string of the molecule is NC1CCc2cnc(C3CCCCCC3)n2C1. The van der Waals surface area contributed by atoms with Crippen LogP contribution in [-0.4, -0.2) is 15.6 Å². The van der Waals surface area contributed by atoms with Gasteiger partial charge >= 0.3 is 0 Å². The van der Waals surface area contributed by atoms with Gasteiger partial charge in [-0.25, -0.2) is 4.98 Å². The Labute approximate surface area is 103 Å². The molecule has 1 saturated carbocycles. The molecule has 2 N–H and O–H groups in total. The first-order valence-corrected chi connectivity index (χ1v) is 7.14. The van der Waals surface area contributed by atoms with Crippen LogP contribution in [0.15, 0.2) is 6.20 Å². The van der Waals surface area contributed by atoms with Crippen molar-refractivity contribution in [3.63, 3.8) is 0 Å². The number of aromatic nitrogens is 2. The molecule has 3 heteroatoms. The molecule has 3 rings (SSSR count). The van der Waals surface area contributed by atoms with Crippen molar-refractivity contribution in [2.24, 2.45) is 5.73 Å². The van der Waals surface area contributed by atoms with Crippen molar-refractivity contribution in [1.29, 1.82) is 0 Å². The van der Waals surface area contributed by atoms with Gasteiger partial charge < -0.3 is 10.3 Å². The van der Waals surface area contributed by atoms with Crippen molar-refractivity contribution < 1.29 is 0 Å². The largest absolute Gasteiger partial charge is 0.330 e. The van der Waals surface area contributed by atoms with E-state index >= 15 is 0 Å². The molecule has 0 spiro atoms. The molecule has 94 valence electrons. The van der Waals surface area contributed by atoms with Crippen molar-refractivity contribution in [3.8, 4) is 0 Å². The molecule has 1 aliphatic carbocycles. The number of nitrogens with two attached hydrogens (primary N) is 1. The Hall–Kier alpha value is -0.830. The molecule has 17 heavy (non-hydrogen) atoms. The average Bonchev–Trinajstić information content (AvgIpc) is 2.58. The van der Waals surface area contributed by atoms with E-state index in [1.165, 1.54) is 50.0 Å². The van der Waals surface area contributed by atoms with Crippen LogP contribution in [0.4, 0.5) is 0 Å². The van der Waals surface area contributed by atoms with Gasteiger partial charge in [0.25, 0.3) is 0 Å². The second-order valence-electron chi connectivity index (χ2n) is 5.71. The minimum Gasteiger partial charge on any atom is -0.330 e. The third kappa shape index (κ3) is 2.25. The molecule has 3 nitrogen and oxygen atoms in total. The quantitative estimate of drug-likeness (QED) is 0.758. The van der Waals surface area contributed by atoms with Crippen molar-refractivity contribution in [3.05, 3.63) is 17.7 Å². The van der Waals surface area contributed by atoms with Crippen LogP contribution in [-0.2, 0) is 13.0 Å². The Kier molecular flexibility index (Phi) is 3.19. The summed E-state index contributed by atoms with van der Waals surface area (Å²) in [6.45, 7) is 0.987. The minimum atomic E-state index is 0.334. The van der Waals surface area contributed by atoms with E-state index in [-0.39, 0.29) is 0 Å². The van der Waals surface area contributed by atoms with Crippen molar-refractivity contribution in [2.45, 2.75) is 69.9 Å². The van der Waals surface area contributed by atoms with Gasteiger partial charge in [-0.1, -0.05) is 25.7 Å². The number of hydrogen-bond donors (Lipinski definition) is 1. The highest BCUT2D eigenvalue weighted by molar-refractivity contribution is 5.13. The zero-order chi connectivity index (χ0) is 11.7. The molecule has 1 atom stereocenters. The number of imidazole rings is 1. The lowest BCUT2D eigenvalue weighted by Gasteiger charge is -2.24. The second-order valence-corrected chi connectivity index (χ2v) is 5.71. The van der Waals surface area contributed by atoms with E-state index in [0.717, 1.165) is 19.4 Å². The van der Waals surface area contributed by atoms with Crippen molar-refractivity contribution in [1.82, 2.24) is 9.55 Å². The van der Waals surface area contributed by atoms with Gasteiger partial charge in [0.15, 0.2) is 0 Å². The van der Waals surface area contributed by atoms with E-state index < -0.39 is 0 Å². The highest BCUT2D eigenvalue weighted by atomic mass is 15.1. The first-order chi connectivity index (χ1) is 8.34. The van der Waals surface area contributed by atoms with E-state index in [1.54, 1.807) is 0 Å². The number of rotatable bonds is 1. The van der Waals surface area contributed by atoms with E-state index in [9.17, 15) is 0 Å². The van der Waals surface area contributed by atoms with Crippen LogP contribution in [0, 0.1) is 0 Å². The number of nitrogens with zero attached hydrogens (tertiary/aromatic N) is 2. The summed E-state index contributed by atoms with van der Waals surface area (Å²) in [5, 5.41) is 0. The molecule has 0 bridgehead atoms. The van der Waals surface area contributed by atoms with Gasteiger partial charge in [-0.2, -0.15) is 0 Å². The second kappa shape index (κ2) is 4.81. The normalized spacial score (nSPS) is 26.5. The molecule has 1 aromatic heterocycles. The molecule has 0 amide bonds. The molecule has 1 aromatic rings. The average molecular weight is 233 g/mol. The van der Waals surface area contributed by atoms with Crippen LogP contribution in [0.5, 0.6) is 0 Å². The fraction of sp³-hybridized carbons (Fsp3) is 0.786. The summed E-state index contributed by atoms with van der Waals surface area (Å²) in [5.41, 5.74) is 7.50. The maximum Gasteiger partial charge on any atom is 0.112 e. The van der Waals surface area contributed by atoms with Gasteiger partial charge in [-0.05, 0) is 25.7 Å². The molecule has 1 unspecified atom stereocenters. The topological polar surface area (TPSA) is 43.8 Å². The number of hydrogen-bond acceptors (Lipinski definition) is 2. The van der Waals surface area contributed by atoms with Crippen molar-refractivity contribution in [2.75, 3.05) is 0 Å². The van der Waals surface area contributed by atoms with Crippen LogP contribution < -0.4 is 5.73 Å². The third-order valence-corrected chi connectivity index (χ3v) is 4.38. The van der Waals surface area contributed by atoms with E-state index in [1.807, 2.05) is 0 Å². The van der Waals surface area contributed by atoms with Gasteiger partial charge in [0, 0.05) is 30.4 Å². The molecule has 2 heterocycles. The lowest BCUT2D eigenvalue weighted by atomic mass is 9.98. The lowest BCUT2D eigenvalue weighted by molar-refractivity contribution is 0.427. The Morgan fingerprint density at radius 1 is 1.12 bits per heavy atom. The standard InChI is InChI=1S/C14H23N3/c15-12-7-8-13-9-16-14(17(13)10-12)11-5-3-1-2-4-6-11/h9,11-12H,1-8,10,15H2. The Balaban J connectivity index is 1.84. The Morgan fingerprint density at radius 3 is 2.65 bits per heavy atom. The van der Waals surface area contributed by atoms with Crippen molar-refractivity contribution >= 4 is 0 Å². The monoisotopic (exact) mass is 233 g/mol. The molecule has 0 radical (unpaired) electrons. The summed E-state index contributed by atoms with van der Waals surface area (Å²) < 4.78 is 2.42. The van der Waals surface area contributed by atoms with E-state index in [2.05, 4.69) is 10.8 Å². The van der Waals surface area contributed by atoms with Crippen LogP contribution in [0.3, 0.4) is 0 Å². The van der Waals surface area contributed by atoms with E-state index in [4.69, 9.17) is 10.7 Å². The Morgan fingerprint density at radius 2 is 1.88 bits per heavy atom. The van der Waals surface area contributed by atoms with Crippen LogP contribution >= 0.6 is 0 Å². The van der Waals surface area contributed by atoms with Crippen LogP contribution in [0.1, 0.15) is 62.4 Å². The summed E-state index contributed by atoms with van der Waals surface area (Å²) in [4.78, 5) is 4.70. The lowest BCUT2D eigenvalue weighted by Crippen LogP contribution is -2.32. The van der Waals surface area contributed by atoms with Gasteiger partial charge in [0.05, 0.1) is 0 Å². The molecular weight excluding hydrogens is 210 g/mol. The minimum absolute atomic E-state index is 0.334. The van der Waals surface area contributed by atoms with Gasteiger partial charge in [-0.3, -0.25) is 0 Å². The van der Waals surface area contributed by atoms with Crippen LogP contribution in [0.25, 0.3) is 0 Å². The fourth-order valence-electron chi connectivity index (χ4n) is 3.36. The Bertz CT molecular complexity index is 375. The summed E-state index contributed by atoms with van der Waals surface area (Å²) in [7, 11) is 0. The maximum absolute atomic E-state index is 6.09. The highest BCUT2D eigenvalue weighted by Gasteiger charge is 2.24. The molecule has 2 aliphatic rings. The summed E-state index contributed by atoms with van der Waals surface area (Å²) in [6, 6.07) is 0.334. The predicted molar refractivity (Wildman–Crippen MR) is 69.0 cm³/mol. The summed E-state index contributed by atoms with van der Waals surface area (Å²) in [5.74, 6) is 2.02. The zero-order valence-electron chi connectivity index (χ0n) is 10.6. The molecule has 1 aliphatic heterocycles. The molecule has 0 saturated heterocycles. The fourth-order valence-corrected chi connectivity index (χ4v) is 3.36.